The van der Waals surface area contributed by atoms with Crippen molar-refractivity contribution >= 4 is 22.7 Å². The number of nitrogens with one attached hydrogen (secondary N) is 1. The Morgan fingerprint density at radius 3 is 3.00 bits per heavy atom. The van der Waals surface area contributed by atoms with E-state index in [1.165, 1.54) is 23.6 Å². The summed E-state index contributed by atoms with van der Waals surface area (Å²) < 4.78 is 12.9. The maximum Gasteiger partial charge on any atom is 0.222 e. The number of nitrogens with zero attached hydrogens (tertiary/aromatic N) is 3. The van der Waals surface area contributed by atoms with Gasteiger partial charge in [-0.1, -0.05) is 6.07 Å². The lowest BCUT2D eigenvalue weighted by molar-refractivity contribution is 0.457. The molecule has 5 nitrogen and oxygen atoms in total. The monoisotopic (exact) mass is 262 g/mol. The lowest BCUT2D eigenvalue weighted by atomic mass is 10.3. The van der Waals surface area contributed by atoms with Crippen molar-refractivity contribution in [2.45, 2.75) is 0 Å². The third-order valence-corrected chi connectivity index (χ3v) is 2.76. The number of benzene rings is 1. The Labute approximate surface area is 106 Å². The summed E-state index contributed by atoms with van der Waals surface area (Å²) in [4.78, 5) is 3.72. The van der Waals surface area contributed by atoms with Crippen LogP contribution < -0.4 is 5.43 Å². The normalized spacial score (nSPS) is 11.0. The maximum absolute atomic E-state index is 12.9. The van der Waals surface area contributed by atoms with E-state index in [1.54, 1.807) is 6.07 Å². The van der Waals surface area contributed by atoms with Crippen molar-refractivity contribution in [3.05, 3.63) is 40.5 Å². The fourth-order valence-electron chi connectivity index (χ4n) is 1.17. The van der Waals surface area contributed by atoms with Gasteiger partial charge >= 0.3 is 0 Å². The van der Waals surface area contributed by atoms with Crippen LogP contribution in [0.5, 0.6) is 5.88 Å². The van der Waals surface area contributed by atoms with E-state index in [2.05, 4.69) is 15.5 Å². The molecule has 1 aromatic carbocycles. The first-order valence-electron chi connectivity index (χ1n) is 4.83. The number of hydrogen-bond donors (Lipinski definition) is 2. The number of thiazole rings is 1. The molecule has 0 aliphatic heterocycles. The Bertz CT molecular complexity index is 632. The molecule has 0 fully saturated rings. The van der Waals surface area contributed by atoms with Gasteiger partial charge in [0, 0.05) is 0 Å². The first kappa shape index (κ1) is 12.0. The van der Waals surface area contributed by atoms with Crippen molar-refractivity contribution < 1.29 is 9.50 Å². The summed E-state index contributed by atoms with van der Waals surface area (Å²) in [5.74, 6) is -0.565. The molecule has 0 amide bonds. The minimum absolute atomic E-state index is 0.0181. The van der Waals surface area contributed by atoms with Gasteiger partial charge in [-0.15, -0.1) is 11.3 Å². The standard InChI is InChI=1S/C11H7FN4OS/c12-7-2-1-3-8(4-7)15-16-9(5-13)11-14-10(17)6-18-11/h1-4,6,15,17H/b16-9-. The molecule has 0 aliphatic rings. The van der Waals surface area contributed by atoms with Crippen LogP contribution in [0.1, 0.15) is 5.01 Å². The van der Waals surface area contributed by atoms with Gasteiger partial charge in [-0.3, -0.25) is 5.43 Å². The molecule has 0 spiro atoms. The zero-order chi connectivity index (χ0) is 13.0. The summed E-state index contributed by atoms with van der Waals surface area (Å²) >= 11 is 1.09. The second-order valence-corrected chi connectivity index (χ2v) is 4.06. The molecular formula is C11H7FN4OS. The third kappa shape index (κ3) is 2.81. The number of rotatable bonds is 3. The van der Waals surface area contributed by atoms with E-state index in [1.807, 2.05) is 6.07 Å². The Morgan fingerprint density at radius 1 is 1.56 bits per heavy atom. The average molecular weight is 262 g/mol. The molecule has 7 heteroatoms. The largest absolute Gasteiger partial charge is 0.493 e. The van der Waals surface area contributed by atoms with Gasteiger partial charge in [0.05, 0.1) is 11.1 Å². The van der Waals surface area contributed by atoms with Crippen LogP contribution >= 0.6 is 11.3 Å². The van der Waals surface area contributed by atoms with Gasteiger partial charge in [0.15, 0.2) is 10.7 Å². The molecule has 0 radical (unpaired) electrons. The maximum atomic E-state index is 12.9. The van der Waals surface area contributed by atoms with Crippen LogP contribution in [0.3, 0.4) is 0 Å². The summed E-state index contributed by atoms with van der Waals surface area (Å²) in [5, 5.41) is 23.5. The fraction of sp³-hybridized carbons (Fsp3) is 0. The zero-order valence-electron chi connectivity index (χ0n) is 8.96. The molecule has 0 saturated heterocycles. The van der Waals surface area contributed by atoms with Crippen LogP contribution in [0.15, 0.2) is 34.7 Å². The molecule has 90 valence electrons. The topological polar surface area (TPSA) is 81.3 Å². The van der Waals surface area contributed by atoms with E-state index in [4.69, 9.17) is 10.4 Å². The third-order valence-electron chi connectivity index (χ3n) is 1.92. The fourth-order valence-corrected chi connectivity index (χ4v) is 1.79. The molecule has 2 aromatic rings. The Hall–Kier alpha value is -2.46. The number of halogens is 1. The number of anilines is 1. The van der Waals surface area contributed by atoms with Crippen LogP contribution in [0, 0.1) is 17.1 Å². The highest BCUT2D eigenvalue weighted by atomic mass is 32.1. The highest BCUT2D eigenvalue weighted by Crippen LogP contribution is 2.16. The minimum Gasteiger partial charge on any atom is -0.493 e. The lowest BCUT2D eigenvalue weighted by Crippen LogP contribution is -2.01. The van der Waals surface area contributed by atoms with Crippen molar-refractivity contribution in [3.63, 3.8) is 0 Å². The molecule has 1 aromatic heterocycles. The van der Waals surface area contributed by atoms with Crippen molar-refractivity contribution in [2.75, 3.05) is 5.43 Å². The molecule has 0 atom stereocenters. The molecule has 2 N–H and O–H groups in total. The number of hydrogen-bond acceptors (Lipinski definition) is 6. The molecule has 1 heterocycles. The van der Waals surface area contributed by atoms with Gasteiger partial charge in [0.1, 0.15) is 11.9 Å². The van der Waals surface area contributed by atoms with Crippen LogP contribution in [0.25, 0.3) is 0 Å². The van der Waals surface area contributed by atoms with Gasteiger partial charge in [-0.25, -0.2) is 4.39 Å². The molecule has 18 heavy (non-hydrogen) atoms. The molecule has 0 unspecified atom stereocenters. The molecule has 0 saturated carbocycles. The van der Waals surface area contributed by atoms with E-state index in [-0.39, 0.29) is 11.6 Å². The van der Waals surface area contributed by atoms with Crippen molar-refractivity contribution in [2.24, 2.45) is 5.10 Å². The van der Waals surface area contributed by atoms with Crippen molar-refractivity contribution in [3.8, 4) is 11.9 Å². The summed E-state index contributed by atoms with van der Waals surface area (Å²) in [6.45, 7) is 0. The quantitative estimate of drug-likeness (QED) is 0.657. The Kier molecular flexibility index (Phi) is 3.50. The van der Waals surface area contributed by atoms with Gasteiger partial charge in [-0.2, -0.15) is 15.3 Å². The van der Waals surface area contributed by atoms with E-state index >= 15 is 0 Å². The molecular weight excluding hydrogens is 255 g/mol. The Morgan fingerprint density at radius 2 is 2.39 bits per heavy atom. The minimum atomic E-state index is -0.402. The van der Waals surface area contributed by atoms with Crippen LogP contribution in [0.4, 0.5) is 10.1 Å². The summed E-state index contributed by atoms with van der Waals surface area (Å²) in [5.41, 5.74) is 2.99. The SMILES string of the molecule is N#C/C(=N/Nc1cccc(F)c1)c1nc(O)cs1. The molecule has 2 rings (SSSR count). The highest BCUT2D eigenvalue weighted by Gasteiger charge is 2.08. The summed E-state index contributed by atoms with van der Waals surface area (Å²) in [6.07, 6.45) is 0. The first-order chi connectivity index (χ1) is 8.69. The summed E-state index contributed by atoms with van der Waals surface area (Å²) in [6, 6.07) is 7.53. The van der Waals surface area contributed by atoms with E-state index in [0.29, 0.717) is 10.7 Å². The van der Waals surface area contributed by atoms with Gasteiger partial charge in [0.2, 0.25) is 5.88 Å². The highest BCUT2D eigenvalue weighted by molar-refractivity contribution is 7.12. The number of aromatic hydroxyl groups is 1. The van der Waals surface area contributed by atoms with Gasteiger partial charge < -0.3 is 5.11 Å². The number of aromatic nitrogens is 1. The van der Waals surface area contributed by atoms with E-state index in [0.717, 1.165) is 11.3 Å². The molecule has 0 aliphatic carbocycles. The van der Waals surface area contributed by atoms with Crippen molar-refractivity contribution in [1.82, 2.24) is 4.98 Å². The van der Waals surface area contributed by atoms with E-state index in [9.17, 15) is 4.39 Å². The van der Waals surface area contributed by atoms with Gasteiger partial charge in [0.25, 0.3) is 0 Å². The van der Waals surface area contributed by atoms with E-state index < -0.39 is 5.82 Å². The summed E-state index contributed by atoms with van der Waals surface area (Å²) in [7, 11) is 0. The van der Waals surface area contributed by atoms with Crippen molar-refractivity contribution in [1.29, 1.82) is 5.26 Å². The number of hydrazone groups is 1. The average Bonchev–Trinajstić information content (AvgIpc) is 2.77. The lowest BCUT2D eigenvalue weighted by Gasteiger charge is -2.00. The second kappa shape index (κ2) is 5.25. The zero-order valence-corrected chi connectivity index (χ0v) is 9.78. The van der Waals surface area contributed by atoms with Crippen LogP contribution in [-0.4, -0.2) is 15.8 Å². The number of nitriles is 1. The van der Waals surface area contributed by atoms with Gasteiger partial charge in [-0.05, 0) is 18.2 Å². The predicted octanol–water partition coefficient (Wildman–Crippen LogP) is 2.33. The Balaban J connectivity index is 2.19. The predicted molar refractivity (Wildman–Crippen MR) is 66.0 cm³/mol. The first-order valence-corrected chi connectivity index (χ1v) is 5.71. The smallest absolute Gasteiger partial charge is 0.222 e. The van der Waals surface area contributed by atoms with Crippen LogP contribution in [-0.2, 0) is 0 Å². The molecule has 0 bridgehead atoms. The second-order valence-electron chi connectivity index (χ2n) is 3.21. The van der Waals surface area contributed by atoms with Crippen LogP contribution in [0.2, 0.25) is 0 Å².